The Labute approximate surface area is 236 Å². The van der Waals surface area contributed by atoms with Gasteiger partial charge in [0.05, 0.1) is 22.0 Å². The predicted molar refractivity (Wildman–Crippen MR) is 154 cm³/mol. The first kappa shape index (κ1) is 27.5. The molecule has 0 atom stereocenters. The Balaban J connectivity index is 1.45. The maximum atomic E-state index is 14.3. The van der Waals surface area contributed by atoms with E-state index < -0.39 is 11.8 Å². The fourth-order valence-electron chi connectivity index (χ4n) is 5.19. The van der Waals surface area contributed by atoms with Crippen molar-refractivity contribution in [2.45, 2.75) is 46.6 Å². The SMILES string of the molecule is Cc1cc(C2=CCN(C(=O)c3ccc4c(-c5ccc(Cl)c(F)c5)cn(C(C)(C)C)c4n3)CC2)nc(C)c1C(=O)O. The Bertz CT molecular complexity index is 1690. The van der Waals surface area contributed by atoms with E-state index in [2.05, 4.69) is 4.98 Å². The summed E-state index contributed by atoms with van der Waals surface area (Å²) in [4.78, 5) is 36.1. The lowest BCUT2D eigenvalue weighted by Crippen LogP contribution is -2.35. The average Bonchev–Trinajstić information content (AvgIpc) is 3.29. The molecule has 1 aliphatic heterocycles. The molecule has 1 aliphatic rings. The molecule has 0 unspecified atom stereocenters. The van der Waals surface area contributed by atoms with E-state index in [1.807, 2.05) is 43.7 Å². The van der Waals surface area contributed by atoms with Crippen molar-refractivity contribution in [3.8, 4) is 11.1 Å². The Kier molecular flexibility index (Phi) is 7.00. The summed E-state index contributed by atoms with van der Waals surface area (Å²) in [5.74, 6) is -1.66. The van der Waals surface area contributed by atoms with E-state index in [4.69, 9.17) is 16.6 Å². The topological polar surface area (TPSA) is 88.3 Å². The van der Waals surface area contributed by atoms with Crippen molar-refractivity contribution >= 4 is 40.1 Å². The number of hydrogen-bond donors (Lipinski definition) is 1. The highest BCUT2D eigenvalue weighted by molar-refractivity contribution is 6.30. The smallest absolute Gasteiger partial charge is 0.337 e. The molecule has 4 heterocycles. The molecule has 1 aromatic carbocycles. The number of aromatic nitrogens is 3. The molecule has 9 heteroatoms. The molecule has 0 spiro atoms. The van der Waals surface area contributed by atoms with Crippen LogP contribution in [0.4, 0.5) is 4.39 Å². The highest BCUT2D eigenvalue weighted by atomic mass is 35.5. The van der Waals surface area contributed by atoms with Crippen LogP contribution in [0.5, 0.6) is 0 Å². The Morgan fingerprint density at radius 3 is 2.42 bits per heavy atom. The van der Waals surface area contributed by atoms with E-state index in [-0.39, 0.29) is 22.0 Å². The van der Waals surface area contributed by atoms with Gasteiger partial charge in [0.1, 0.15) is 17.2 Å². The van der Waals surface area contributed by atoms with Crippen LogP contribution < -0.4 is 0 Å². The number of fused-ring (bicyclic) bond motifs is 1. The van der Waals surface area contributed by atoms with Gasteiger partial charge in [-0.25, -0.2) is 14.2 Å². The zero-order chi connectivity index (χ0) is 28.9. The first-order valence-electron chi connectivity index (χ1n) is 13.0. The molecule has 4 aromatic rings. The van der Waals surface area contributed by atoms with Crippen LogP contribution in [0.15, 0.2) is 48.7 Å². The van der Waals surface area contributed by atoms with Gasteiger partial charge in [-0.15, -0.1) is 0 Å². The predicted octanol–water partition coefficient (Wildman–Crippen LogP) is 6.89. The summed E-state index contributed by atoms with van der Waals surface area (Å²) in [6.07, 6.45) is 4.50. The number of rotatable bonds is 4. The number of carbonyl (C=O) groups excluding carboxylic acids is 1. The number of amides is 1. The molecular formula is C31H30ClFN4O3. The third kappa shape index (κ3) is 4.99. The summed E-state index contributed by atoms with van der Waals surface area (Å²) in [5, 5.41) is 10.3. The third-order valence-corrected chi connectivity index (χ3v) is 7.57. The Hall–Kier alpha value is -4.04. The fourth-order valence-corrected chi connectivity index (χ4v) is 5.31. The molecular weight excluding hydrogens is 531 g/mol. The van der Waals surface area contributed by atoms with Gasteiger partial charge < -0.3 is 14.6 Å². The number of halogens is 2. The van der Waals surface area contributed by atoms with Crippen molar-refractivity contribution in [3.05, 3.63) is 87.7 Å². The van der Waals surface area contributed by atoms with Gasteiger partial charge in [-0.05, 0) is 88.1 Å². The van der Waals surface area contributed by atoms with E-state index >= 15 is 0 Å². The number of aryl methyl sites for hydroxylation is 2. The van der Waals surface area contributed by atoms with Crippen molar-refractivity contribution in [2.75, 3.05) is 13.1 Å². The molecule has 5 rings (SSSR count). The van der Waals surface area contributed by atoms with Crippen molar-refractivity contribution < 1.29 is 19.1 Å². The van der Waals surface area contributed by atoms with Crippen LogP contribution in [-0.2, 0) is 5.54 Å². The van der Waals surface area contributed by atoms with Crippen LogP contribution >= 0.6 is 11.6 Å². The Morgan fingerprint density at radius 2 is 1.82 bits per heavy atom. The van der Waals surface area contributed by atoms with Crippen molar-refractivity contribution in [2.24, 2.45) is 0 Å². The molecule has 1 N–H and O–H groups in total. The molecule has 3 aromatic heterocycles. The maximum Gasteiger partial charge on any atom is 0.337 e. The normalized spacial score (nSPS) is 14.0. The van der Waals surface area contributed by atoms with E-state index in [1.54, 1.807) is 36.9 Å². The molecule has 7 nitrogen and oxygen atoms in total. The van der Waals surface area contributed by atoms with Gasteiger partial charge in [0.25, 0.3) is 5.91 Å². The molecule has 206 valence electrons. The van der Waals surface area contributed by atoms with Crippen LogP contribution in [0.1, 0.15) is 65.0 Å². The van der Waals surface area contributed by atoms with Crippen LogP contribution in [0.2, 0.25) is 5.02 Å². The molecule has 0 radical (unpaired) electrons. The monoisotopic (exact) mass is 560 g/mol. The molecule has 0 saturated carbocycles. The summed E-state index contributed by atoms with van der Waals surface area (Å²) >= 11 is 5.91. The molecule has 0 aliphatic carbocycles. The van der Waals surface area contributed by atoms with Crippen molar-refractivity contribution in [1.29, 1.82) is 0 Å². The summed E-state index contributed by atoms with van der Waals surface area (Å²) < 4.78 is 16.3. The largest absolute Gasteiger partial charge is 0.478 e. The highest BCUT2D eigenvalue weighted by Crippen LogP contribution is 2.35. The second-order valence-electron chi connectivity index (χ2n) is 11.1. The first-order valence-corrected chi connectivity index (χ1v) is 13.4. The minimum absolute atomic E-state index is 0.0615. The van der Waals surface area contributed by atoms with E-state index in [1.165, 1.54) is 12.1 Å². The molecule has 0 bridgehead atoms. The average molecular weight is 561 g/mol. The number of aromatic carboxylic acids is 1. The summed E-state index contributed by atoms with van der Waals surface area (Å²) in [6, 6.07) is 10.1. The number of nitrogens with zero attached hydrogens (tertiary/aromatic N) is 4. The van der Waals surface area contributed by atoms with Gasteiger partial charge in [-0.1, -0.05) is 23.7 Å². The quantitative estimate of drug-likeness (QED) is 0.293. The van der Waals surface area contributed by atoms with E-state index in [0.29, 0.717) is 47.7 Å². The number of benzene rings is 1. The summed E-state index contributed by atoms with van der Waals surface area (Å²) in [5.41, 5.74) is 5.21. The van der Waals surface area contributed by atoms with Crippen molar-refractivity contribution in [3.63, 3.8) is 0 Å². The fraction of sp³-hybridized carbons (Fsp3) is 0.290. The van der Waals surface area contributed by atoms with Gasteiger partial charge >= 0.3 is 5.97 Å². The summed E-state index contributed by atoms with van der Waals surface area (Å²) in [7, 11) is 0. The number of carboxylic acid groups (broad SMARTS) is 1. The zero-order valence-electron chi connectivity index (χ0n) is 23.0. The first-order chi connectivity index (χ1) is 18.8. The molecule has 40 heavy (non-hydrogen) atoms. The van der Waals surface area contributed by atoms with Gasteiger partial charge in [0, 0.05) is 35.8 Å². The maximum absolute atomic E-state index is 14.3. The second kappa shape index (κ2) is 10.2. The molecule has 0 saturated heterocycles. The minimum Gasteiger partial charge on any atom is -0.478 e. The summed E-state index contributed by atoms with van der Waals surface area (Å²) in [6.45, 7) is 10.5. The lowest BCUT2D eigenvalue weighted by molar-refractivity contribution is 0.0693. The van der Waals surface area contributed by atoms with Crippen LogP contribution in [-0.4, -0.2) is 49.5 Å². The van der Waals surface area contributed by atoms with Gasteiger partial charge in [-0.3, -0.25) is 9.78 Å². The van der Waals surface area contributed by atoms with Crippen LogP contribution in [0.3, 0.4) is 0 Å². The lowest BCUT2D eigenvalue weighted by atomic mass is 9.99. The van der Waals surface area contributed by atoms with Crippen LogP contribution in [0.25, 0.3) is 27.7 Å². The zero-order valence-corrected chi connectivity index (χ0v) is 23.8. The van der Waals surface area contributed by atoms with Crippen molar-refractivity contribution in [1.82, 2.24) is 19.4 Å². The number of carbonyl (C=O) groups is 2. The Morgan fingerprint density at radius 1 is 1.07 bits per heavy atom. The standard InChI is InChI=1S/C31H30ClFN4O3/c1-17-14-26(34-18(2)27(17)30(39)40)19-10-12-36(13-11-19)29(38)25-9-7-21-22(20-6-8-23(32)24(33)15-20)16-37(28(21)35-25)31(3,4)5/h6-10,14-16H,11-13H2,1-5H3,(H,39,40). The van der Waals surface area contributed by atoms with Gasteiger partial charge in [0.2, 0.25) is 0 Å². The number of hydrogen-bond acceptors (Lipinski definition) is 4. The minimum atomic E-state index is -0.988. The van der Waals surface area contributed by atoms with E-state index in [0.717, 1.165) is 22.2 Å². The highest BCUT2D eigenvalue weighted by Gasteiger charge is 2.25. The second-order valence-corrected chi connectivity index (χ2v) is 11.5. The third-order valence-electron chi connectivity index (χ3n) is 7.26. The number of pyridine rings is 2. The molecule has 0 fully saturated rings. The van der Waals surface area contributed by atoms with Gasteiger partial charge in [0.15, 0.2) is 0 Å². The van der Waals surface area contributed by atoms with Crippen LogP contribution in [0, 0.1) is 19.7 Å². The lowest BCUT2D eigenvalue weighted by Gasteiger charge is -2.27. The number of carboxylic acids is 1. The molecule has 1 amide bonds. The van der Waals surface area contributed by atoms with E-state index in [9.17, 15) is 19.1 Å². The van der Waals surface area contributed by atoms with Gasteiger partial charge in [-0.2, -0.15) is 0 Å².